The highest BCUT2D eigenvalue weighted by Crippen LogP contribution is 2.31. The number of hydrogen-bond acceptors (Lipinski definition) is 3. The molecule has 1 fully saturated rings. The number of aryl methyl sites for hydroxylation is 1. The molecule has 1 saturated heterocycles. The zero-order valence-electron chi connectivity index (χ0n) is 13.8. The SMILES string of the molecule is O=C(CCn1ccc(=O)[nH]c1=O)N1CCCC[C@@H]1c1cccc(F)c1. The van der Waals surface area contributed by atoms with Gasteiger partial charge in [-0.3, -0.25) is 14.6 Å². The second-order valence-corrected chi connectivity index (χ2v) is 6.21. The van der Waals surface area contributed by atoms with Crippen LogP contribution in [-0.2, 0) is 11.3 Å². The van der Waals surface area contributed by atoms with Crippen molar-refractivity contribution in [2.75, 3.05) is 6.54 Å². The monoisotopic (exact) mass is 345 g/mol. The molecule has 0 spiro atoms. The maximum Gasteiger partial charge on any atom is 0.328 e. The van der Waals surface area contributed by atoms with Crippen molar-refractivity contribution in [3.63, 3.8) is 0 Å². The average molecular weight is 345 g/mol. The van der Waals surface area contributed by atoms with E-state index in [0.29, 0.717) is 6.54 Å². The number of hydrogen-bond donors (Lipinski definition) is 1. The van der Waals surface area contributed by atoms with E-state index in [1.807, 2.05) is 6.07 Å². The Bertz CT molecular complexity index is 874. The Kier molecular flexibility index (Phi) is 5.11. The number of nitrogens with one attached hydrogen (secondary N) is 1. The smallest absolute Gasteiger partial charge is 0.328 e. The molecule has 0 saturated carbocycles. The summed E-state index contributed by atoms with van der Waals surface area (Å²) < 4.78 is 14.8. The number of rotatable bonds is 4. The number of amides is 1. The molecule has 132 valence electrons. The van der Waals surface area contributed by atoms with Gasteiger partial charge in [0.1, 0.15) is 5.82 Å². The van der Waals surface area contributed by atoms with Crippen LogP contribution >= 0.6 is 0 Å². The van der Waals surface area contributed by atoms with Crippen LogP contribution in [0.15, 0.2) is 46.1 Å². The first-order chi connectivity index (χ1) is 12.0. The Morgan fingerprint density at radius 1 is 1.24 bits per heavy atom. The van der Waals surface area contributed by atoms with Crippen LogP contribution in [0.5, 0.6) is 0 Å². The molecule has 1 amide bonds. The fourth-order valence-electron chi connectivity index (χ4n) is 3.27. The second-order valence-electron chi connectivity index (χ2n) is 6.21. The van der Waals surface area contributed by atoms with Gasteiger partial charge in [-0.1, -0.05) is 12.1 Å². The third kappa shape index (κ3) is 4.04. The minimum absolute atomic E-state index is 0.0768. The third-order valence-corrected chi connectivity index (χ3v) is 4.52. The molecule has 2 aromatic rings. The number of H-pyrrole nitrogens is 1. The number of nitrogens with zero attached hydrogens (tertiary/aromatic N) is 2. The van der Waals surface area contributed by atoms with Gasteiger partial charge in [0.25, 0.3) is 5.56 Å². The number of carbonyl (C=O) groups is 1. The highest BCUT2D eigenvalue weighted by molar-refractivity contribution is 5.76. The topological polar surface area (TPSA) is 75.2 Å². The molecule has 1 atom stereocenters. The summed E-state index contributed by atoms with van der Waals surface area (Å²) in [5, 5.41) is 0. The zero-order chi connectivity index (χ0) is 17.8. The first-order valence-electron chi connectivity index (χ1n) is 8.39. The van der Waals surface area contributed by atoms with Crippen LogP contribution in [0.2, 0.25) is 0 Å². The van der Waals surface area contributed by atoms with Gasteiger partial charge in [0.05, 0.1) is 6.04 Å². The second kappa shape index (κ2) is 7.46. The van der Waals surface area contributed by atoms with Crippen molar-refractivity contribution >= 4 is 5.91 Å². The van der Waals surface area contributed by atoms with Crippen LogP contribution in [0.25, 0.3) is 0 Å². The molecule has 1 aliphatic heterocycles. The number of benzene rings is 1. The van der Waals surface area contributed by atoms with Crippen molar-refractivity contribution < 1.29 is 9.18 Å². The van der Waals surface area contributed by atoms with Crippen molar-refractivity contribution in [3.8, 4) is 0 Å². The predicted octanol–water partition coefficient (Wildman–Crippen LogP) is 1.82. The van der Waals surface area contributed by atoms with Crippen LogP contribution in [-0.4, -0.2) is 26.9 Å². The number of carbonyl (C=O) groups excluding carboxylic acids is 1. The van der Waals surface area contributed by atoms with E-state index in [-0.39, 0.29) is 30.7 Å². The molecule has 6 nitrogen and oxygen atoms in total. The number of likely N-dealkylation sites (tertiary alicyclic amines) is 1. The first-order valence-corrected chi connectivity index (χ1v) is 8.39. The van der Waals surface area contributed by atoms with E-state index in [1.165, 1.54) is 29.0 Å². The van der Waals surface area contributed by atoms with Crippen molar-refractivity contribution in [3.05, 3.63) is 68.7 Å². The molecule has 1 aromatic heterocycles. The minimum atomic E-state index is -0.527. The molecule has 0 unspecified atom stereocenters. The Hall–Kier alpha value is -2.70. The molecule has 1 aliphatic rings. The molecule has 1 aromatic carbocycles. The molecule has 0 radical (unpaired) electrons. The summed E-state index contributed by atoms with van der Waals surface area (Å²) in [5.41, 5.74) is -0.190. The van der Waals surface area contributed by atoms with Gasteiger partial charge in [-0.25, -0.2) is 9.18 Å². The molecular weight excluding hydrogens is 325 g/mol. The maximum absolute atomic E-state index is 13.5. The van der Waals surface area contributed by atoms with E-state index in [4.69, 9.17) is 0 Å². The summed E-state index contributed by atoms with van der Waals surface area (Å²) in [7, 11) is 0. The molecule has 3 rings (SSSR count). The first kappa shape index (κ1) is 17.1. The van der Waals surface area contributed by atoms with Gasteiger partial charge in [-0.2, -0.15) is 0 Å². The van der Waals surface area contributed by atoms with Gasteiger partial charge in [0, 0.05) is 31.8 Å². The fourth-order valence-corrected chi connectivity index (χ4v) is 3.27. The summed E-state index contributed by atoms with van der Waals surface area (Å²) in [6.45, 7) is 0.821. The normalized spacial score (nSPS) is 17.5. The quantitative estimate of drug-likeness (QED) is 0.918. The molecular formula is C18H20FN3O3. The van der Waals surface area contributed by atoms with Crippen molar-refractivity contribution in [1.82, 2.24) is 14.5 Å². The van der Waals surface area contributed by atoms with E-state index in [9.17, 15) is 18.8 Å². The van der Waals surface area contributed by atoms with Crippen LogP contribution in [0.1, 0.15) is 37.3 Å². The largest absolute Gasteiger partial charge is 0.336 e. The Balaban J connectivity index is 1.72. The van der Waals surface area contributed by atoms with Gasteiger partial charge in [-0.15, -0.1) is 0 Å². The predicted molar refractivity (Wildman–Crippen MR) is 90.6 cm³/mol. The molecule has 0 aliphatic carbocycles. The Morgan fingerprint density at radius 3 is 2.84 bits per heavy atom. The van der Waals surface area contributed by atoms with E-state index in [1.54, 1.807) is 11.0 Å². The highest BCUT2D eigenvalue weighted by Gasteiger charge is 2.27. The summed E-state index contributed by atoms with van der Waals surface area (Å²) in [6.07, 6.45) is 4.24. The van der Waals surface area contributed by atoms with E-state index >= 15 is 0 Å². The standard InChI is InChI=1S/C18H20FN3O3/c19-14-5-3-4-13(12-14)15-6-1-2-9-22(15)17(24)8-11-21-10-7-16(23)20-18(21)25/h3-5,7,10,12,15H,1-2,6,8-9,11H2,(H,20,23,25)/t15-/m1/s1. The van der Waals surface area contributed by atoms with E-state index < -0.39 is 11.2 Å². The zero-order valence-corrected chi connectivity index (χ0v) is 13.8. The minimum Gasteiger partial charge on any atom is -0.336 e. The van der Waals surface area contributed by atoms with Gasteiger partial charge < -0.3 is 9.47 Å². The molecule has 7 heteroatoms. The highest BCUT2D eigenvalue weighted by atomic mass is 19.1. The molecule has 0 bridgehead atoms. The fraction of sp³-hybridized carbons (Fsp3) is 0.389. The van der Waals surface area contributed by atoms with Gasteiger partial charge in [-0.05, 0) is 37.0 Å². The lowest BCUT2D eigenvalue weighted by Crippen LogP contribution is -2.39. The number of aromatic nitrogens is 2. The summed E-state index contributed by atoms with van der Waals surface area (Å²) >= 11 is 0. The molecule has 1 N–H and O–H groups in total. The number of piperidine rings is 1. The Morgan fingerprint density at radius 2 is 2.08 bits per heavy atom. The maximum atomic E-state index is 13.5. The van der Waals surface area contributed by atoms with Crippen LogP contribution in [0.4, 0.5) is 4.39 Å². The van der Waals surface area contributed by atoms with Crippen LogP contribution in [0, 0.1) is 5.82 Å². The lowest BCUT2D eigenvalue weighted by atomic mass is 9.95. The molecule has 25 heavy (non-hydrogen) atoms. The number of halogens is 1. The Labute approximate surface area is 143 Å². The van der Waals surface area contributed by atoms with Crippen molar-refractivity contribution in [1.29, 1.82) is 0 Å². The van der Waals surface area contributed by atoms with E-state index in [2.05, 4.69) is 4.98 Å². The average Bonchev–Trinajstić information content (AvgIpc) is 2.61. The van der Waals surface area contributed by atoms with Gasteiger partial charge >= 0.3 is 5.69 Å². The summed E-state index contributed by atoms with van der Waals surface area (Å²) in [5.74, 6) is -0.387. The van der Waals surface area contributed by atoms with Crippen molar-refractivity contribution in [2.45, 2.75) is 38.3 Å². The lowest BCUT2D eigenvalue weighted by Gasteiger charge is -2.36. The van der Waals surface area contributed by atoms with Gasteiger partial charge in [0.2, 0.25) is 5.91 Å². The van der Waals surface area contributed by atoms with Gasteiger partial charge in [0.15, 0.2) is 0 Å². The third-order valence-electron chi connectivity index (χ3n) is 4.52. The van der Waals surface area contributed by atoms with Crippen LogP contribution in [0.3, 0.4) is 0 Å². The lowest BCUT2D eigenvalue weighted by molar-refractivity contribution is -0.135. The summed E-state index contributed by atoms with van der Waals surface area (Å²) in [6, 6.07) is 7.48. The van der Waals surface area contributed by atoms with Crippen LogP contribution < -0.4 is 11.2 Å². The summed E-state index contributed by atoms with van der Waals surface area (Å²) in [4.78, 5) is 39.4. The van der Waals surface area contributed by atoms with E-state index in [0.717, 1.165) is 24.8 Å². The van der Waals surface area contributed by atoms with Crippen molar-refractivity contribution in [2.24, 2.45) is 0 Å². The number of aromatic amines is 1. The molecule has 2 heterocycles.